The van der Waals surface area contributed by atoms with Crippen LogP contribution in [0.15, 0.2) is 10.9 Å². The molecule has 0 aliphatic carbocycles. The van der Waals surface area contributed by atoms with Gasteiger partial charge < -0.3 is 4.52 Å². The number of nitrogens with zero attached hydrogens (tertiary/aromatic N) is 5. The van der Waals surface area contributed by atoms with Crippen molar-refractivity contribution in [2.45, 2.75) is 6.92 Å². The van der Waals surface area contributed by atoms with Crippen LogP contribution in [-0.2, 0) is 7.05 Å². The molecular formula is C6H7N5O. The van der Waals surface area contributed by atoms with Gasteiger partial charge in [-0.15, -0.1) is 5.10 Å². The van der Waals surface area contributed by atoms with E-state index in [-0.39, 0.29) is 0 Å². The van der Waals surface area contributed by atoms with E-state index in [0.29, 0.717) is 17.5 Å². The molecule has 0 saturated carbocycles. The molecule has 0 aliphatic rings. The minimum Gasteiger partial charge on any atom is -0.330 e. The smallest absolute Gasteiger partial charge is 0.297 e. The molecule has 0 fully saturated rings. The van der Waals surface area contributed by atoms with Gasteiger partial charge in [-0.3, -0.25) is 4.68 Å². The largest absolute Gasteiger partial charge is 0.330 e. The van der Waals surface area contributed by atoms with E-state index >= 15 is 0 Å². The van der Waals surface area contributed by atoms with Crippen LogP contribution in [0.2, 0.25) is 0 Å². The summed E-state index contributed by atoms with van der Waals surface area (Å²) in [5, 5.41) is 7.63. The van der Waals surface area contributed by atoms with Gasteiger partial charge in [-0.05, 0) is 6.92 Å². The fourth-order valence-corrected chi connectivity index (χ4v) is 0.825. The summed E-state index contributed by atoms with van der Waals surface area (Å²) in [4.78, 5) is 7.93. The molecule has 0 aromatic carbocycles. The van der Waals surface area contributed by atoms with Crippen LogP contribution in [0.5, 0.6) is 0 Å². The average molecular weight is 165 g/mol. The summed E-state index contributed by atoms with van der Waals surface area (Å²) in [6.07, 6.45) is 1.58. The maximum atomic E-state index is 4.86. The summed E-state index contributed by atoms with van der Waals surface area (Å²) in [6.45, 7) is 1.75. The van der Waals surface area contributed by atoms with Crippen molar-refractivity contribution in [3.63, 3.8) is 0 Å². The van der Waals surface area contributed by atoms with E-state index in [1.54, 1.807) is 25.0 Å². The molecule has 2 rings (SSSR count). The molecule has 2 heterocycles. The van der Waals surface area contributed by atoms with Gasteiger partial charge in [0.1, 0.15) is 6.33 Å². The number of hydrogen-bond acceptors (Lipinski definition) is 5. The Hall–Kier alpha value is -1.72. The number of aryl methyl sites for hydroxylation is 2. The quantitative estimate of drug-likeness (QED) is 0.602. The van der Waals surface area contributed by atoms with Crippen molar-refractivity contribution in [2.75, 3.05) is 0 Å². The molecule has 0 radical (unpaired) electrons. The third-order valence-corrected chi connectivity index (χ3v) is 1.32. The molecule has 6 nitrogen and oxygen atoms in total. The summed E-state index contributed by atoms with van der Waals surface area (Å²) in [5.74, 6) is 1.39. The maximum Gasteiger partial charge on any atom is 0.297 e. The fourth-order valence-electron chi connectivity index (χ4n) is 0.825. The Kier molecular flexibility index (Phi) is 1.39. The van der Waals surface area contributed by atoms with Crippen LogP contribution in [0.25, 0.3) is 11.7 Å². The third kappa shape index (κ3) is 1.07. The van der Waals surface area contributed by atoms with Crippen LogP contribution >= 0.6 is 0 Å². The van der Waals surface area contributed by atoms with Crippen molar-refractivity contribution in [1.82, 2.24) is 24.9 Å². The molecule has 0 aliphatic heterocycles. The van der Waals surface area contributed by atoms with Crippen molar-refractivity contribution in [3.8, 4) is 11.7 Å². The minimum atomic E-state index is 0.355. The predicted molar refractivity (Wildman–Crippen MR) is 39.0 cm³/mol. The van der Waals surface area contributed by atoms with Crippen molar-refractivity contribution in [3.05, 3.63) is 12.2 Å². The molecule has 0 amide bonds. The van der Waals surface area contributed by atoms with E-state index in [0.717, 1.165) is 0 Å². The summed E-state index contributed by atoms with van der Waals surface area (Å²) < 4.78 is 6.44. The lowest BCUT2D eigenvalue weighted by Crippen LogP contribution is -1.87. The monoisotopic (exact) mass is 165 g/mol. The highest BCUT2D eigenvalue weighted by atomic mass is 16.5. The standard InChI is InChI=1S/C6H7N5O/c1-4-8-6(12-10-4)5-7-3-11(2)9-5/h3H,1-2H3. The lowest BCUT2D eigenvalue weighted by atomic mass is 10.6. The number of aromatic nitrogens is 5. The molecular weight excluding hydrogens is 158 g/mol. The molecule has 0 atom stereocenters. The summed E-state index contributed by atoms with van der Waals surface area (Å²) in [6, 6.07) is 0. The highest BCUT2D eigenvalue weighted by Gasteiger charge is 2.09. The first-order valence-corrected chi connectivity index (χ1v) is 3.42. The van der Waals surface area contributed by atoms with Crippen LogP contribution in [-0.4, -0.2) is 24.9 Å². The molecule has 0 unspecified atom stereocenters. The second-order valence-corrected chi connectivity index (χ2v) is 2.39. The Balaban J connectivity index is 2.43. The Labute approximate surface area is 68.2 Å². The predicted octanol–water partition coefficient (Wildman–Crippen LogP) is 0.174. The van der Waals surface area contributed by atoms with Gasteiger partial charge in [0.25, 0.3) is 5.89 Å². The molecule has 2 aromatic heterocycles. The van der Waals surface area contributed by atoms with E-state index in [1.165, 1.54) is 0 Å². The zero-order valence-electron chi connectivity index (χ0n) is 6.72. The van der Waals surface area contributed by atoms with Crippen molar-refractivity contribution in [2.24, 2.45) is 7.05 Å². The zero-order valence-corrected chi connectivity index (χ0v) is 6.72. The van der Waals surface area contributed by atoms with E-state index in [1.807, 2.05) is 0 Å². The topological polar surface area (TPSA) is 69.6 Å². The molecule has 12 heavy (non-hydrogen) atoms. The molecule has 62 valence electrons. The van der Waals surface area contributed by atoms with Gasteiger partial charge in [-0.25, -0.2) is 4.98 Å². The summed E-state index contributed by atoms with van der Waals surface area (Å²) >= 11 is 0. The molecule has 0 spiro atoms. The van der Waals surface area contributed by atoms with E-state index in [9.17, 15) is 0 Å². The van der Waals surface area contributed by atoms with Crippen molar-refractivity contribution >= 4 is 0 Å². The lowest BCUT2D eigenvalue weighted by molar-refractivity contribution is 0.422. The Morgan fingerprint density at radius 3 is 2.83 bits per heavy atom. The first-order valence-electron chi connectivity index (χ1n) is 3.42. The summed E-state index contributed by atoms with van der Waals surface area (Å²) in [5.41, 5.74) is 0. The van der Waals surface area contributed by atoms with Gasteiger partial charge in [-0.2, -0.15) is 4.98 Å². The van der Waals surface area contributed by atoms with Crippen LogP contribution in [0, 0.1) is 6.92 Å². The lowest BCUT2D eigenvalue weighted by Gasteiger charge is -1.81. The van der Waals surface area contributed by atoms with Crippen LogP contribution < -0.4 is 0 Å². The van der Waals surface area contributed by atoms with Gasteiger partial charge in [0.05, 0.1) is 0 Å². The van der Waals surface area contributed by atoms with Crippen molar-refractivity contribution < 1.29 is 4.52 Å². The molecule has 6 heteroatoms. The molecule has 0 bridgehead atoms. The van der Waals surface area contributed by atoms with Gasteiger partial charge >= 0.3 is 0 Å². The Morgan fingerprint density at radius 2 is 2.33 bits per heavy atom. The van der Waals surface area contributed by atoms with E-state index in [2.05, 4.69) is 20.2 Å². The molecule has 2 aromatic rings. The van der Waals surface area contributed by atoms with Gasteiger partial charge in [0.15, 0.2) is 5.82 Å². The van der Waals surface area contributed by atoms with E-state index in [4.69, 9.17) is 4.52 Å². The fraction of sp³-hybridized carbons (Fsp3) is 0.333. The normalized spacial score (nSPS) is 10.5. The number of hydrogen-bond donors (Lipinski definition) is 0. The molecule has 0 N–H and O–H groups in total. The highest BCUT2D eigenvalue weighted by Crippen LogP contribution is 2.09. The third-order valence-electron chi connectivity index (χ3n) is 1.32. The number of rotatable bonds is 1. The Morgan fingerprint density at radius 1 is 1.50 bits per heavy atom. The highest BCUT2D eigenvalue weighted by molar-refractivity contribution is 5.37. The summed E-state index contributed by atoms with van der Waals surface area (Å²) in [7, 11) is 1.78. The second kappa shape index (κ2) is 2.40. The van der Waals surface area contributed by atoms with Gasteiger partial charge in [-0.1, -0.05) is 5.16 Å². The first-order chi connectivity index (χ1) is 5.75. The maximum absolute atomic E-state index is 4.86. The van der Waals surface area contributed by atoms with Crippen LogP contribution in [0.4, 0.5) is 0 Å². The minimum absolute atomic E-state index is 0.355. The molecule has 0 saturated heterocycles. The Bertz CT molecular complexity index is 352. The first kappa shape index (κ1) is 6.96. The van der Waals surface area contributed by atoms with Crippen LogP contribution in [0.3, 0.4) is 0 Å². The van der Waals surface area contributed by atoms with Crippen molar-refractivity contribution in [1.29, 1.82) is 0 Å². The van der Waals surface area contributed by atoms with E-state index < -0.39 is 0 Å². The average Bonchev–Trinajstić information content (AvgIpc) is 2.58. The zero-order chi connectivity index (χ0) is 8.55. The van der Waals surface area contributed by atoms with Crippen LogP contribution in [0.1, 0.15) is 5.82 Å². The van der Waals surface area contributed by atoms with Gasteiger partial charge in [0.2, 0.25) is 5.82 Å². The SMILES string of the molecule is Cc1noc(-c2ncn(C)n2)n1. The van der Waals surface area contributed by atoms with Gasteiger partial charge in [0, 0.05) is 7.05 Å². The second-order valence-electron chi connectivity index (χ2n) is 2.39.